The van der Waals surface area contributed by atoms with Gasteiger partial charge in [0, 0.05) is 36.6 Å². The first-order valence-corrected chi connectivity index (χ1v) is 8.05. The van der Waals surface area contributed by atoms with Crippen molar-refractivity contribution in [3.63, 3.8) is 0 Å². The van der Waals surface area contributed by atoms with Crippen molar-refractivity contribution >= 4 is 17.4 Å². The zero-order valence-corrected chi connectivity index (χ0v) is 13.8. The highest BCUT2D eigenvalue weighted by Crippen LogP contribution is 2.21. The van der Waals surface area contributed by atoms with E-state index in [0.29, 0.717) is 5.82 Å². The molecular weight excluding hydrogens is 356 g/mol. The number of oxime groups is 1. The normalized spacial score (nSPS) is 15.9. The van der Waals surface area contributed by atoms with Crippen LogP contribution in [0.4, 0.5) is 14.6 Å². The molecule has 0 fully saturated rings. The Morgan fingerprint density at radius 2 is 2.00 bits per heavy atom. The second kappa shape index (κ2) is 6.94. The van der Waals surface area contributed by atoms with Gasteiger partial charge in [0.2, 0.25) is 6.10 Å². The van der Waals surface area contributed by atoms with Crippen molar-refractivity contribution in [1.82, 2.24) is 14.8 Å². The van der Waals surface area contributed by atoms with E-state index in [2.05, 4.69) is 20.6 Å². The Bertz CT molecular complexity index is 1020. The summed E-state index contributed by atoms with van der Waals surface area (Å²) in [5.41, 5.74) is 0.941. The molecule has 136 valence electrons. The molecule has 3 aromatic rings. The summed E-state index contributed by atoms with van der Waals surface area (Å²) in [6, 6.07) is 8.21. The average molecular weight is 369 g/mol. The maximum Gasteiger partial charge on any atom is 0.269 e. The number of rotatable bonds is 4. The van der Waals surface area contributed by atoms with Crippen LogP contribution in [0.2, 0.25) is 0 Å². The van der Waals surface area contributed by atoms with E-state index in [4.69, 9.17) is 4.84 Å². The van der Waals surface area contributed by atoms with Gasteiger partial charge in [-0.1, -0.05) is 5.16 Å². The van der Waals surface area contributed by atoms with Crippen molar-refractivity contribution in [2.45, 2.75) is 12.5 Å². The van der Waals surface area contributed by atoms with E-state index in [1.165, 1.54) is 0 Å². The Labute approximate surface area is 152 Å². The maximum atomic E-state index is 13.8. The van der Waals surface area contributed by atoms with Crippen LogP contribution >= 0.6 is 0 Å². The predicted octanol–water partition coefficient (Wildman–Crippen LogP) is 2.68. The summed E-state index contributed by atoms with van der Waals surface area (Å²) in [4.78, 5) is 21.4. The number of aromatic nitrogens is 3. The summed E-state index contributed by atoms with van der Waals surface area (Å²) >= 11 is 0. The highest BCUT2D eigenvalue weighted by molar-refractivity contribution is 6.06. The number of nitrogens with one attached hydrogen (secondary N) is 1. The van der Waals surface area contributed by atoms with Crippen LogP contribution in [0.5, 0.6) is 0 Å². The van der Waals surface area contributed by atoms with Crippen molar-refractivity contribution in [2.75, 3.05) is 5.32 Å². The van der Waals surface area contributed by atoms with Crippen LogP contribution in [0.3, 0.4) is 0 Å². The fraction of sp³-hybridized carbons (Fsp3) is 0.111. The maximum absolute atomic E-state index is 13.8. The molecule has 1 aliphatic heterocycles. The molecule has 0 saturated carbocycles. The molecule has 1 atom stereocenters. The van der Waals surface area contributed by atoms with Crippen LogP contribution < -0.4 is 5.32 Å². The van der Waals surface area contributed by atoms with Gasteiger partial charge < -0.3 is 10.2 Å². The van der Waals surface area contributed by atoms with E-state index in [0.717, 1.165) is 23.9 Å². The van der Waals surface area contributed by atoms with Crippen molar-refractivity contribution in [1.29, 1.82) is 0 Å². The standard InChI is InChI=1S/C18H13F2N5O2/c19-11-1-2-14(20)13(9-11)15-10-16(27-24-15)18(26)22-17-5-8-25(23-17)12-3-6-21-7-4-12/h1-9,16H,10H2,(H,22,23,26)/t16-/m0/s1. The van der Waals surface area contributed by atoms with Crippen LogP contribution in [0.15, 0.2) is 60.1 Å². The molecule has 0 unspecified atom stereocenters. The van der Waals surface area contributed by atoms with E-state index < -0.39 is 23.6 Å². The third-order valence-corrected chi connectivity index (χ3v) is 3.97. The third-order valence-electron chi connectivity index (χ3n) is 3.97. The summed E-state index contributed by atoms with van der Waals surface area (Å²) in [5.74, 6) is -1.38. The number of carbonyl (C=O) groups excluding carboxylic acids is 1. The Kier molecular flexibility index (Phi) is 4.33. The molecular formula is C18H13F2N5O2. The van der Waals surface area contributed by atoms with Crippen molar-refractivity contribution < 1.29 is 18.4 Å². The smallest absolute Gasteiger partial charge is 0.269 e. The quantitative estimate of drug-likeness (QED) is 0.767. The number of carbonyl (C=O) groups is 1. The number of pyridine rings is 1. The molecule has 1 aromatic carbocycles. The van der Waals surface area contributed by atoms with Gasteiger partial charge in [-0.15, -0.1) is 0 Å². The summed E-state index contributed by atoms with van der Waals surface area (Å²) in [6.07, 6.45) is 4.02. The number of amides is 1. The summed E-state index contributed by atoms with van der Waals surface area (Å²) in [6.45, 7) is 0. The summed E-state index contributed by atoms with van der Waals surface area (Å²) in [7, 11) is 0. The molecule has 3 heterocycles. The lowest BCUT2D eigenvalue weighted by molar-refractivity contribution is -0.125. The Morgan fingerprint density at radius 1 is 1.19 bits per heavy atom. The Hall–Kier alpha value is -3.62. The molecule has 0 aliphatic carbocycles. The number of anilines is 1. The molecule has 4 rings (SSSR count). The van der Waals surface area contributed by atoms with E-state index in [1.807, 2.05) is 0 Å². The number of benzene rings is 1. The Balaban J connectivity index is 1.42. The largest absolute Gasteiger partial charge is 0.382 e. The minimum absolute atomic E-state index is 0.0211. The Morgan fingerprint density at radius 3 is 2.81 bits per heavy atom. The first kappa shape index (κ1) is 16.8. The molecule has 27 heavy (non-hydrogen) atoms. The molecule has 0 bridgehead atoms. The zero-order valence-electron chi connectivity index (χ0n) is 13.8. The van der Waals surface area contributed by atoms with Gasteiger partial charge in [-0.25, -0.2) is 13.5 Å². The lowest BCUT2D eigenvalue weighted by Crippen LogP contribution is -2.28. The second-order valence-corrected chi connectivity index (χ2v) is 5.80. The van der Waals surface area contributed by atoms with Crippen LogP contribution in [-0.2, 0) is 9.63 Å². The summed E-state index contributed by atoms with van der Waals surface area (Å²) < 4.78 is 28.7. The first-order valence-electron chi connectivity index (χ1n) is 8.05. The molecule has 1 N–H and O–H groups in total. The number of hydrogen-bond donors (Lipinski definition) is 1. The molecule has 7 nitrogen and oxygen atoms in total. The molecule has 1 aliphatic rings. The van der Waals surface area contributed by atoms with Crippen LogP contribution in [0.1, 0.15) is 12.0 Å². The number of nitrogens with zero attached hydrogens (tertiary/aromatic N) is 4. The SMILES string of the molecule is O=C(Nc1ccn(-c2ccncc2)n1)[C@@H]1CC(c2cc(F)ccc2F)=NO1. The van der Waals surface area contributed by atoms with Crippen molar-refractivity contribution in [3.8, 4) is 5.69 Å². The fourth-order valence-electron chi connectivity index (χ4n) is 2.63. The van der Waals surface area contributed by atoms with Gasteiger partial charge in [0.25, 0.3) is 5.91 Å². The van der Waals surface area contributed by atoms with E-state index in [9.17, 15) is 13.6 Å². The number of halogens is 2. The molecule has 9 heteroatoms. The topological polar surface area (TPSA) is 81.4 Å². The van der Waals surface area contributed by atoms with Gasteiger partial charge in [-0.2, -0.15) is 5.10 Å². The predicted molar refractivity (Wildman–Crippen MR) is 92.4 cm³/mol. The highest BCUT2D eigenvalue weighted by atomic mass is 19.1. The van der Waals surface area contributed by atoms with Gasteiger partial charge in [0.05, 0.1) is 11.4 Å². The van der Waals surface area contributed by atoms with Crippen molar-refractivity contribution in [3.05, 3.63) is 72.2 Å². The molecule has 0 spiro atoms. The van der Waals surface area contributed by atoms with Gasteiger partial charge >= 0.3 is 0 Å². The summed E-state index contributed by atoms with van der Waals surface area (Å²) in [5, 5.41) is 10.6. The lowest BCUT2D eigenvalue weighted by atomic mass is 10.0. The van der Waals surface area contributed by atoms with E-state index in [-0.39, 0.29) is 17.7 Å². The minimum Gasteiger partial charge on any atom is -0.382 e. The van der Waals surface area contributed by atoms with Gasteiger partial charge in [0.15, 0.2) is 5.82 Å². The molecule has 2 aromatic heterocycles. The first-order chi connectivity index (χ1) is 13.1. The lowest BCUT2D eigenvalue weighted by Gasteiger charge is -2.07. The fourth-order valence-corrected chi connectivity index (χ4v) is 2.63. The zero-order chi connectivity index (χ0) is 18.8. The van der Waals surface area contributed by atoms with E-state index in [1.54, 1.807) is 41.5 Å². The van der Waals surface area contributed by atoms with Gasteiger partial charge in [-0.05, 0) is 30.3 Å². The van der Waals surface area contributed by atoms with Crippen LogP contribution in [0, 0.1) is 11.6 Å². The second-order valence-electron chi connectivity index (χ2n) is 5.80. The van der Waals surface area contributed by atoms with Crippen molar-refractivity contribution in [2.24, 2.45) is 5.16 Å². The monoisotopic (exact) mass is 369 g/mol. The third kappa shape index (κ3) is 3.52. The minimum atomic E-state index is -0.950. The van der Waals surface area contributed by atoms with Gasteiger partial charge in [-0.3, -0.25) is 9.78 Å². The molecule has 0 saturated heterocycles. The average Bonchev–Trinajstić information content (AvgIpc) is 3.34. The molecule has 0 radical (unpaired) electrons. The highest BCUT2D eigenvalue weighted by Gasteiger charge is 2.30. The molecule has 1 amide bonds. The van der Waals surface area contributed by atoms with E-state index >= 15 is 0 Å². The van der Waals surface area contributed by atoms with Gasteiger partial charge in [0.1, 0.15) is 11.6 Å². The van der Waals surface area contributed by atoms with Crippen LogP contribution in [0.25, 0.3) is 5.69 Å². The van der Waals surface area contributed by atoms with Crippen LogP contribution in [-0.4, -0.2) is 32.5 Å². The number of hydrogen-bond acceptors (Lipinski definition) is 5.